The van der Waals surface area contributed by atoms with E-state index in [1.165, 1.54) is 31.4 Å². The Labute approximate surface area is 216 Å². The van der Waals surface area contributed by atoms with Crippen molar-refractivity contribution in [3.05, 3.63) is 47.6 Å². The van der Waals surface area contributed by atoms with Crippen molar-refractivity contribution in [1.82, 2.24) is 15.4 Å². The second-order valence-corrected chi connectivity index (χ2v) is 9.80. The Hall–Kier alpha value is -3.17. The molecule has 1 heterocycles. The van der Waals surface area contributed by atoms with Gasteiger partial charge in [-0.1, -0.05) is 37.1 Å². The first kappa shape index (κ1) is 25.9. The fourth-order valence-corrected chi connectivity index (χ4v) is 4.90. The molecule has 4 rings (SSSR count). The highest BCUT2D eigenvalue weighted by Crippen LogP contribution is 2.40. The average molecular weight is 513 g/mol. The van der Waals surface area contributed by atoms with E-state index in [2.05, 4.69) is 44.8 Å². The van der Waals surface area contributed by atoms with Gasteiger partial charge in [0, 0.05) is 19.0 Å². The average Bonchev–Trinajstić information content (AvgIpc) is 2.85. The molecular weight excluding hydrogens is 480 g/mol. The van der Waals surface area contributed by atoms with Crippen molar-refractivity contribution < 1.29 is 14.4 Å². The Bertz CT molecular complexity index is 1120. The van der Waals surface area contributed by atoms with Crippen molar-refractivity contribution in [1.29, 1.82) is 0 Å². The zero-order valence-electron chi connectivity index (χ0n) is 20.7. The van der Waals surface area contributed by atoms with Crippen LogP contribution >= 0.6 is 11.6 Å². The molecular formula is C26H33ClN6O3. The summed E-state index contributed by atoms with van der Waals surface area (Å²) in [6, 6.07) is 6.15. The summed E-state index contributed by atoms with van der Waals surface area (Å²) in [5.41, 5.74) is 5.08. The lowest BCUT2D eigenvalue weighted by Gasteiger charge is -2.29. The molecule has 2 unspecified atom stereocenters. The molecule has 0 bridgehead atoms. The van der Waals surface area contributed by atoms with Crippen LogP contribution in [-0.4, -0.2) is 42.0 Å². The van der Waals surface area contributed by atoms with E-state index in [1.54, 1.807) is 11.9 Å². The lowest BCUT2D eigenvalue weighted by atomic mass is 9.80. The molecule has 1 aromatic heterocycles. The Morgan fingerprint density at radius 3 is 2.69 bits per heavy atom. The number of nitrogens with zero attached hydrogens (tertiary/aromatic N) is 3. The highest BCUT2D eigenvalue weighted by molar-refractivity contribution is 6.33. The maximum Gasteiger partial charge on any atom is 0.250 e. The van der Waals surface area contributed by atoms with Crippen LogP contribution in [0.25, 0.3) is 0 Å². The summed E-state index contributed by atoms with van der Waals surface area (Å²) in [6.07, 6.45) is 9.68. The number of carbonyl (C=O) groups excluding carboxylic acids is 2. The van der Waals surface area contributed by atoms with Crippen molar-refractivity contribution in [2.75, 3.05) is 29.7 Å². The van der Waals surface area contributed by atoms with Gasteiger partial charge >= 0.3 is 0 Å². The van der Waals surface area contributed by atoms with Crippen molar-refractivity contribution in [3.63, 3.8) is 0 Å². The SMILES string of the molecule is C=CC(=O)N(C)c1cc(C2CCC2)ccc1Nc1nc(NC2CCCC(C(=O)NOC)C2)ncc1Cl. The summed E-state index contributed by atoms with van der Waals surface area (Å²) in [4.78, 5) is 39.9. The highest BCUT2D eigenvalue weighted by Gasteiger charge is 2.28. The lowest BCUT2D eigenvalue weighted by Crippen LogP contribution is -2.37. The zero-order chi connectivity index (χ0) is 25.7. The van der Waals surface area contributed by atoms with Crippen molar-refractivity contribution in [2.45, 2.75) is 56.9 Å². The maximum atomic E-state index is 12.4. The van der Waals surface area contributed by atoms with Gasteiger partial charge in [-0.2, -0.15) is 4.98 Å². The van der Waals surface area contributed by atoms with Crippen LogP contribution in [0.4, 0.5) is 23.1 Å². The first-order valence-corrected chi connectivity index (χ1v) is 12.7. The summed E-state index contributed by atoms with van der Waals surface area (Å²) >= 11 is 6.44. The number of hydrogen-bond acceptors (Lipinski definition) is 7. The molecule has 10 heteroatoms. The Balaban J connectivity index is 1.53. The summed E-state index contributed by atoms with van der Waals surface area (Å²) in [5, 5.41) is 6.99. The number of halogens is 1. The maximum absolute atomic E-state index is 12.4. The number of carbonyl (C=O) groups is 2. The molecule has 2 aliphatic rings. The van der Waals surface area contributed by atoms with E-state index in [1.807, 2.05) is 6.07 Å². The molecule has 2 aromatic rings. The lowest BCUT2D eigenvalue weighted by molar-refractivity contribution is -0.136. The Morgan fingerprint density at radius 1 is 1.22 bits per heavy atom. The molecule has 0 spiro atoms. The number of nitrogens with one attached hydrogen (secondary N) is 3. The first-order valence-electron chi connectivity index (χ1n) is 12.3. The van der Waals surface area contributed by atoms with Crippen LogP contribution in [0, 0.1) is 5.92 Å². The molecule has 2 saturated carbocycles. The quantitative estimate of drug-likeness (QED) is 0.322. The van der Waals surface area contributed by atoms with Gasteiger partial charge in [0.05, 0.1) is 24.7 Å². The van der Waals surface area contributed by atoms with Crippen molar-refractivity contribution in [3.8, 4) is 0 Å². The fraction of sp³-hybridized carbons (Fsp3) is 0.462. The number of aromatic nitrogens is 2. The minimum Gasteiger partial charge on any atom is -0.351 e. The van der Waals surface area contributed by atoms with E-state index in [0.29, 0.717) is 34.8 Å². The van der Waals surface area contributed by atoms with Crippen molar-refractivity contribution in [2.24, 2.45) is 5.92 Å². The fourth-order valence-electron chi connectivity index (χ4n) is 4.76. The molecule has 2 amide bonds. The minimum absolute atomic E-state index is 0.0500. The number of likely N-dealkylation sites (N-methyl/N-ethyl adjacent to an activating group) is 1. The molecule has 0 aliphatic heterocycles. The predicted molar refractivity (Wildman–Crippen MR) is 141 cm³/mol. The number of amides is 2. The van der Waals surface area contributed by atoms with Gasteiger partial charge in [0.15, 0.2) is 5.82 Å². The minimum atomic E-state index is -0.204. The van der Waals surface area contributed by atoms with Gasteiger partial charge in [-0.3, -0.25) is 14.4 Å². The molecule has 3 N–H and O–H groups in total. The van der Waals surface area contributed by atoms with Gasteiger partial charge in [-0.25, -0.2) is 10.5 Å². The molecule has 36 heavy (non-hydrogen) atoms. The summed E-state index contributed by atoms with van der Waals surface area (Å²) in [5.74, 6) is 0.923. The third-order valence-electron chi connectivity index (χ3n) is 7.04. The van der Waals surface area contributed by atoms with Crippen LogP contribution in [0.15, 0.2) is 37.1 Å². The number of benzene rings is 1. The molecule has 2 aliphatic carbocycles. The smallest absolute Gasteiger partial charge is 0.250 e. The van der Waals surface area contributed by atoms with Crippen molar-refractivity contribution >= 4 is 46.6 Å². The topological polar surface area (TPSA) is 108 Å². The molecule has 0 radical (unpaired) electrons. The van der Waals surface area contributed by atoms with Gasteiger partial charge in [0.2, 0.25) is 17.8 Å². The first-order chi connectivity index (χ1) is 17.4. The van der Waals surface area contributed by atoms with Gasteiger partial charge in [0.1, 0.15) is 5.02 Å². The molecule has 192 valence electrons. The molecule has 9 nitrogen and oxygen atoms in total. The third-order valence-corrected chi connectivity index (χ3v) is 7.32. The Morgan fingerprint density at radius 2 is 2.00 bits per heavy atom. The predicted octanol–water partition coefficient (Wildman–Crippen LogP) is 4.94. The van der Waals surface area contributed by atoms with E-state index in [0.717, 1.165) is 37.8 Å². The molecule has 1 aromatic carbocycles. The van der Waals surface area contributed by atoms with Crippen LogP contribution in [0.2, 0.25) is 5.02 Å². The van der Waals surface area contributed by atoms with Gasteiger partial charge in [-0.15, -0.1) is 0 Å². The second-order valence-electron chi connectivity index (χ2n) is 9.40. The van der Waals surface area contributed by atoms with Gasteiger partial charge in [0.25, 0.3) is 0 Å². The van der Waals surface area contributed by atoms with E-state index >= 15 is 0 Å². The number of hydrogen-bond donors (Lipinski definition) is 3. The summed E-state index contributed by atoms with van der Waals surface area (Å²) in [6.45, 7) is 3.62. The zero-order valence-corrected chi connectivity index (χ0v) is 21.5. The van der Waals surface area contributed by atoms with Crippen LogP contribution in [0.1, 0.15) is 56.4 Å². The van der Waals surface area contributed by atoms with Gasteiger partial charge in [-0.05, 0) is 61.8 Å². The number of hydroxylamine groups is 1. The van der Waals surface area contributed by atoms with E-state index in [9.17, 15) is 9.59 Å². The van der Waals surface area contributed by atoms with Crippen LogP contribution in [0.5, 0.6) is 0 Å². The summed E-state index contributed by atoms with van der Waals surface area (Å²) in [7, 11) is 3.16. The molecule has 2 atom stereocenters. The van der Waals surface area contributed by atoms with Crippen LogP contribution in [0.3, 0.4) is 0 Å². The second kappa shape index (κ2) is 11.7. The van der Waals surface area contributed by atoms with Gasteiger partial charge < -0.3 is 15.5 Å². The standard InChI is InChI=1S/C26H33ClN6O3/c1-4-23(34)33(2)22-14-17(16-7-5-8-16)11-12-21(22)30-24-20(27)15-28-26(31-24)29-19-10-6-9-18(13-19)25(35)32-36-3/h4,11-12,14-16,18-19H,1,5-10,13H2,2-3H3,(H,32,35)(H2,28,29,30,31). The molecule has 0 saturated heterocycles. The van der Waals surface area contributed by atoms with Crippen LogP contribution in [-0.2, 0) is 14.4 Å². The van der Waals surface area contributed by atoms with Crippen LogP contribution < -0.4 is 21.0 Å². The van der Waals surface area contributed by atoms with E-state index in [-0.39, 0.29) is 23.8 Å². The largest absolute Gasteiger partial charge is 0.351 e. The number of rotatable bonds is 9. The number of anilines is 4. The summed E-state index contributed by atoms with van der Waals surface area (Å²) < 4.78 is 0. The Kier molecular flexibility index (Phi) is 8.43. The molecule has 2 fully saturated rings. The normalized spacial score (nSPS) is 19.6. The van der Waals surface area contributed by atoms with E-state index in [4.69, 9.17) is 16.4 Å². The van der Waals surface area contributed by atoms with E-state index < -0.39 is 0 Å². The monoisotopic (exact) mass is 512 g/mol. The highest BCUT2D eigenvalue weighted by atomic mass is 35.5. The third kappa shape index (κ3) is 5.96.